The summed E-state index contributed by atoms with van der Waals surface area (Å²) >= 11 is 0. The Kier molecular flexibility index (Phi) is 5.27. The summed E-state index contributed by atoms with van der Waals surface area (Å²) in [6.45, 7) is 4.93. The smallest absolute Gasteiger partial charge is 0.324 e. The standard InChI is InChI=1S/C13H20N2O4S/c1-13(2,3)19-12(16)11(14)9-15-20(17,18)10-7-5-4-6-8-10/h4-8,11,15H,9,14H2,1-3H3/t11-/m0/s1. The third-order valence-corrected chi connectivity index (χ3v) is 3.70. The summed E-state index contributed by atoms with van der Waals surface area (Å²) in [4.78, 5) is 11.8. The van der Waals surface area contributed by atoms with Crippen LogP contribution in [0.4, 0.5) is 0 Å². The Morgan fingerprint density at radius 1 is 1.30 bits per heavy atom. The van der Waals surface area contributed by atoms with E-state index < -0.39 is 27.6 Å². The zero-order chi connectivity index (χ0) is 15.4. The third kappa shape index (κ3) is 5.28. The van der Waals surface area contributed by atoms with Crippen LogP contribution in [0.15, 0.2) is 35.2 Å². The summed E-state index contributed by atoms with van der Waals surface area (Å²) in [6.07, 6.45) is 0. The predicted molar refractivity (Wildman–Crippen MR) is 75.5 cm³/mol. The second kappa shape index (κ2) is 6.34. The minimum atomic E-state index is -3.67. The highest BCUT2D eigenvalue weighted by Gasteiger charge is 2.24. The summed E-state index contributed by atoms with van der Waals surface area (Å²) < 4.78 is 31.2. The molecule has 7 heteroatoms. The van der Waals surface area contributed by atoms with Crippen LogP contribution in [0.2, 0.25) is 0 Å². The van der Waals surface area contributed by atoms with Crippen molar-refractivity contribution in [1.29, 1.82) is 0 Å². The summed E-state index contributed by atoms with van der Waals surface area (Å²) in [5.74, 6) is -0.645. The lowest BCUT2D eigenvalue weighted by molar-refractivity contribution is -0.156. The maximum atomic E-state index is 11.9. The molecule has 1 aromatic carbocycles. The van der Waals surface area contributed by atoms with Gasteiger partial charge in [0.1, 0.15) is 11.6 Å². The highest BCUT2D eigenvalue weighted by atomic mass is 32.2. The fourth-order valence-electron chi connectivity index (χ4n) is 1.34. The molecule has 112 valence electrons. The summed E-state index contributed by atoms with van der Waals surface area (Å²) in [5, 5.41) is 0. The molecule has 1 aromatic rings. The average Bonchev–Trinajstić information content (AvgIpc) is 2.35. The van der Waals surface area contributed by atoms with E-state index in [-0.39, 0.29) is 11.4 Å². The quantitative estimate of drug-likeness (QED) is 0.777. The molecule has 6 nitrogen and oxygen atoms in total. The number of carbonyl (C=O) groups excluding carboxylic acids is 1. The maximum absolute atomic E-state index is 11.9. The largest absolute Gasteiger partial charge is 0.459 e. The van der Waals surface area contributed by atoms with Crippen LogP contribution in [0.3, 0.4) is 0 Å². The van der Waals surface area contributed by atoms with Gasteiger partial charge < -0.3 is 10.5 Å². The molecule has 0 aliphatic rings. The van der Waals surface area contributed by atoms with Crippen molar-refractivity contribution in [1.82, 2.24) is 4.72 Å². The van der Waals surface area contributed by atoms with Crippen LogP contribution in [0.5, 0.6) is 0 Å². The Labute approximate surface area is 119 Å². The fraction of sp³-hybridized carbons (Fsp3) is 0.462. The normalized spacial score (nSPS) is 13.8. The minimum Gasteiger partial charge on any atom is -0.459 e. The molecule has 1 atom stereocenters. The molecule has 3 N–H and O–H groups in total. The van der Waals surface area contributed by atoms with Crippen molar-refractivity contribution < 1.29 is 17.9 Å². The van der Waals surface area contributed by atoms with Gasteiger partial charge in [0, 0.05) is 6.54 Å². The Balaban J connectivity index is 2.61. The second-order valence-electron chi connectivity index (χ2n) is 5.30. The van der Waals surface area contributed by atoms with Crippen LogP contribution in [-0.4, -0.2) is 32.6 Å². The van der Waals surface area contributed by atoms with Gasteiger partial charge in [0.15, 0.2) is 0 Å². The molecule has 0 fully saturated rings. The number of nitrogens with two attached hydrogens (primary N) is 1. The fourth-order valence-corrected chi connectivity index (χ4v) is 2.42. The van der Waals surface area contributed by atoms with Gasteiger partial charge in [0.2, 0.25) is 10.0 Å². The number of ether oxygens (including phenoxy) is 1. The van der Waals surface area contributed by atoms with E-state index in [4.69, 9.17) is 10.5 Å². The molecule has 0 aromatic heterocycles. The van der Waals surface area contributed by atoms with Crippen LogP contribution in [0, 0.1) is 0 Å². The van der Waals surface area contributed by atoms with Gasteiger partial charge in [0.25, 0.3) is 0 Å². The van der Waals surface area contributed by atoms with Gasteiger partial charge in [-0.05, 0) is 32.9 Å². The predicted octanol–water partition coefficient (Wildman–Crippen LogP) is 0.634. The number of esters is 1. The number of hydrogen-bond acceptors (Lipinski definition) is 5. The van der Waals surface area contributed by atoms with Crippen LogP contribution in [0.1, 0.15) is 20.8 Å². The molecule has 1 rings (SSSR count). The Bertz CT molecular complexity index is 549. The van der Waals surface area contributed by atoms with E-state index in [0.717, 1.165) is 0 Å². The van der Waals surface area contributed by atoms with Crippen molar-refractivity contribution in [2.75, 3.05) is 6.54 Å². The molecule has 20 heavy (non-hydrogen) atoms. The summed E-state index contributed by atoms with van der Waals surface area (Å²) in [6, 6.07) is 6.81. The molecule has 0 saturated carbocycles. The van der Waals surface area contributed by atoms with E-state index >= 15 is 0 Å². The summed E-state index contributed by atoms with van der Waals surface area (Å²) in [7, 11) is -3.67. The summed E-state index contributed by atoms with van der Waals surface area (Å²) in [5.41, 5.74) is 4.95. The van der Waals surface area contributed by atoms with Gasteiger partial charge in [-0.2, -0.15) is 0 Å². The van der Waals surface area contributed by atoms with E-state index in [1.807, 2.05) is 0 Å². The van der Waals surface area contributed by atoms with E-state index in [1.165, 1.54) is 12.1 Å². The van der Waals surface area contributed by atoms with E-state index in [2.05, 4.69) is 4.72 Å². The first-order valence-electron chi connectivity index (χ1n) is 6.15. The number of benzene rings is 1. The molecule has 0 spiro atoms. The highest BCUT2D eigenvalue weighted by Crippen LogP contribution is 2.09. The molecule has 0 amide bonds. The number of sulfonamides is 1. The van der Waals surface area contributed by atoms with Crippen LogP contribution < -0.4 is 10.5 Å². The number of hydrogen-bond donors (Lipinski definition) is 2. The van der Waals surface area contributed by atoms with Gasteiger partial charge in [0.05, 0.1) is 4.90 Å². The van der Waals surface area contributed by atoms with Gasteiger partial charge in [-0.1, -0.05) is 18.2 Å². The minimum absolute atomic E-state index is 0.122. The zero-order valence-corrected chi connectivity index (χ0v) is 12.6. The van der Waals surface area contributed by atoms with Gasteiger partial charge in [-0.25, -0.2) is 13.1 Å². The molecule has 0 aliphatic heterocycles. The van der Waals surface area contributed by atoms with Gasteiger partial charge in [-0.3, -0.25) is 4.79 Å². The van der Waals surface area contributed by atoms with E-state index in [9.17, 15) is 13.2 Å². The van der Waals surface area contributed by atoms with Crippen molar-refractivity contribution in [3.63, 3.8) is 0 Å². The lowest BCUT2D eigenvalue weighted by Crippen LogP contribution is -2.45. The van der Waals surface area contributed by atoms with Gasteiger partial charge in [-0.15, -0.1) is 0 Å². The molecular weight excluding hydrogens is 280 g/mol. The topological polar surface area (TPSA) is 98.5 Å². The molecule has 0 saturated heterocycles. The number of carbonyl (C=O) groups is 1. The molecule has 0 bridgehead atoms. The Morgan fingerprint density at radius 3 is 2.35 bits per heavy atom. The lowest BCUT2D eigenvalue weighted by Gasteiger charge is -2.22. The van der Waals surface area contributed by atoms with Crippen molar-refractivity contribution in [3.8, 4) is 0 Å². The maximum Gasteiger partial charge on any atom is 0.324 e. The van der Waals surface area contributed by atoms with Crippen LogP contribution in [0.25, 0.3) is 0 Å². The van der Waals surface area contributed by atoms with Crippen molar-refractivity contribution in [3.05, 3.63) is 30.3 Å². The van der Waals surface area contributed by atoms with E-state index in [1.54, 1.807) is 39.0 Å². The number of rotatable bonds is 5. The zero-order valence-electron chi connectivity index (χ0n) is 11.8. The molecule has 0 unspecified atom stereocenters. The Hall–Kier alpha value is -1.44. The molecule has 0 heterocycles. The first kappa shape index (κ1) is 16.6. The third-order valence-electron chi connectivity index (χ3n) is 2.26. The highest BCUT2D eigenvalue weighted by molar-refractivity contribution is 7.89. The SMILES string of the molecule is CC(C)(C)OC(=O)[C@@H](N)CNS(=O)(=O)c1ccccc1. The first-order chi connectivity index (χ1) is 9.12. The first-order valence-corrected chi connectivity index (χ1v) is 7.63. The van der Waals surface area contributed by atoms with Crippen molar-refractivity contribution >= 4 is 16.0 Å². The van der Waals surface area contributed by atoms with Crippen molar-refractivity contribution in [2.45, 2.75) is 37.3 Å². The van der Waals surface area contributed by atoms with Crippen molar-refractivity contribution in [2.24, 2.45) is 5.73 Å². The molecular formula is C13H20N2O4S. The van der Waals surface area contributed by atoms with Gasteiger partial charge >= 0.3 is 5.97 Å². The Morgan fingerprint density at radius 2 is 1.85 bits per heavy atom. The monoisotopic (exact) mass is 300 g/mol. The van der Waals surface area contributed by atoms with E-state index in [0.29, 0.717) is 0 Å². The molecule has 0 radical (unpaired) electrons. The van der Waals surface area contributed by atoms with Crippen LogP contribution in [-0.2, 0) is 19.6 Å². The average molecular weight is 300 g/mol. The number of nitrogens with one attached hydrogen (secondary N) is 1. The van der Waals surface area contributed by atoms with Crippen LogP contribution >= 0.6 is 0 Å². The second-order valence-corrected chi connectivity index (χ2v) is 7.07. The lowest BCUT2D eigenvalue weighted by atomic mass is 10.2. The molecule has 0 aliphatic carbocycles.